The standard InChI is InChI=1S/C19H27N7/c1-15-14-16(2)21-19(20-15)26-12-10-25(11-13-26)18-7-6-17(22-23-18)24-8-4-3-5-9-24/h6-7,14H,3-5,8-13H2,1-2H3. The van der Waals surface area contributed by atoms with Crippen LogP contribution in [0.2, 0.25) is 0 Å². The van der Waals surface area contributed by atoms with E-state index in [1.165, 1.54) is 19.3 Å². The van der Waals surface area contributed by atoms with Gasteiger partial charge in [0.05, 0.1) is 0 Å². The first kappa shape index (κ1) is 17.0. The van der Waals surface area contributed by atoms with Gasteiger partial charge in [-0.25, -0.2) is 9.97 Å². The molecule has 0 amide bonds. The average molecular weight is 353 g/mol. The lowest BCUT2D eigenvalue weighted by Gasteiger charge is -2.35. The summed E-state index contributed by atoms with van der Waals surface area (Å²) in [6, 6.07) is 6.24. The van der Waals surface area contributed by atoms with E-state index in [4.69, 9.17) is 0 Å². The molecule has 0 N–H and O–H groups in total. The molecule has 0 unspecified atom stereocenters. The number of aromatic nitrogens is 4. The van der Waals surface area contributed by atoms with Crippen LogP contribution < -0.4 is 14.7 Å². The summed E-state index contributed by atoms with van der Waals surface area (Å²) in [5.74, 6) is 2.82. The minimum absolute atomic E-state index is 0.841. The first-order valence-corrected chi connectivity index (χ1v) is 9.60. The van der Waals surface area contributed by atoms with Gasteiger partial charge in [-0.2, -0.15) is 0 Å². The first-order valence-electron chi connectivity index (χ1n) is 9.60. The van der Waals surface area contributed by atoms with E-state index in [0.717, 1.165) is 68.2 Å². The van der Waals surface area contributed by atoms with Gasteiger partial charge in [0.1, 0.15) is 0 Å². The van der Waals surface area contributed by atoms with E-state index >= 15 is 0 Å². The molecule has 0 radical (unpaired) electrons. The summed E-state index contributed by atoms with van der Waals surface area (Å²) in [7, 11) is 0. The second-order valence-electron chi connectivity index (χ2n) is 7.22. The summed E-state index contributed by atoms with van der Waals surface area (Å²) in [5.41, 5.74) is 2.04. The third-order valence-corrected chi connectivity index (χ3v) is 5.17. The Hall–Kier alpha value is -2.44. The van der Waals surface area contributed by atoms with Crippen LogP contribution in [-0.4, -0.2) is 59.4 Å². The zero-order chi connectivity index (χ0) is 17.9. The summed E-state index contributed by atoms with van der Waals surface area (Å²) in [5, 5.41) is 8.96. The van der Waals surface area contributed by atoms with Crippen molar-refractivity contribution < 1.29 is 0 Å². The Morgan fingerprint density at radius 2 is 1.15 bits per heavy atom. The molecule has 0 spiro atoms. The van der Waals surface area contributed by atoms with Gasteiger partial charge in [0.15, 0.2) is 11.6 Å². The highest BCUT2D eigenvalue weighted by molar-refractivity contribution is 5.47. The van der Waals surface area contributed by atoms with E-state index in [-0.39, 0.29) is 0 Å². The highest BCUT2D eigenvalue weighted by Gasteiger charge is 2.21. The molecule has 2 aromatic heterocycles. The fourth-order valence-corrected chi connectivity index (χ4v) is 3.76. The number of nitrogens with zero attached hydrogens (tertiary/aromatic N) is 7. The van der Waals surface area contributed by atoms with Crippen molar-refractivity contribution in [2.24, 2.45) is 0 Å². The lowest BCUT2D eigenvalue weighted by molar-refractivity contribution is 0.570. The third-order valence-electron chi connectivity index (χ3n) is 5.17. The molecule has 138 valence electrons. The van der Waals surface area contributed by atoms with E-state index in [9.17, 15) is 0 Å². The number of hydrogen-bond donors (Lipinski definition) is 0. The van der Waals surface area contributed by atoms with Crippen molar-refractivity contribution in [2.75, 3.05) is 54.0 Å². The number of hydrogen-bond acceptors (Lipinski definition) is 7. The van der Waals surface area contributed by atoms with Crippen LogP contribution in [0.15, 0.2) is 18.2 Å². The van der Waals surface area contributed by atoms with Crippen molar-refractivity contribution in [3.63, 3.8) is 0 Å². The van der Waals surface area contributed by atoms with Crippen LogP contribution in [0.25, 0.3) is 0 Å². The molecular formula is C19H27N7. The van der Waals surface area contributed by atoms with Gasteiger partial charge >= 0.3 is 0 Å². The minimum atomic E-state index is 0.841. The Morgan fingerprint density at radius 3 is 1.69 bits per heavy atom. The van der Waals surface area contributed by atoms with Crippen LogP contribution >= 0.6 is 0 Å². The van der Waals surface area contributed by atoms with Crippen LogP contribution in [0.4, 0.5) is 17.6 Å². The Balaban J connectivity index is 1.38. The number of anilines is 3. The molecule has 2 aliphatic rings. The summed E-state index contributed by atoms with van der Waals surface area (Å²) >= 11 is 0. The van der Waals surface area contributed by atoms with Gasteiger partial charge in [-0.1, -0.05) is 0 Å². The first-order chi connectivity index (χ1) is 12.7. The molecule has 7 nitrogen and oxygen atoms in total. The Kier molecular flexibility index (Phi) is 4.86. The summed E-state index contributed by atoms with van der Waals surface area (Å²) in [6.07, 6.45) is 3.84. The van der Waals surface area contributed by atoms with Crippen molar-refractivity contribution in [2.45, 2.75) is 33.1 Å². The molecule has 0 bridgehead atoms. The largest absolute Gasteiger partial charge is 0.355 e. The summed E-state index contributed by atoms with van der Waals surface area (Å²) in [6.45, 7) is 9.87. The van der Waals surface area contributed by atoms with Gasteiger partial charge in [0.25, 0.3) is 0 Å². The fourth-order valence-electron chi connectivity index (χ4n) is 3.76. The molecule has 0 aliphatic carbocycles. The number of rotatable bonds is 3. The molecule has 0 saturated carbocycles. The summed E-state index contributed by atoms with van der Waals surface area (Å²) < 4.78 is 0. The van der Waals surface area contributed by atoms with Crippen molar-refractivity contribution in [1.29, 1.82) is 0 Å². The van der Waals surface area contributed by atoms with Gasteiger partial charge in [0, 0.05) is 50.7 Å². The van der Waals surface area contributed by atoms with E-state index in [0.29, 0.717) is 0 Å². The Bertz CT molecular complexity index is 712. The van der Waals surface area contributed by atoms with Crippen molar-refractivity contribution in [3.8, 4) is 0 Å². The summed E-state index contributed by atoms with van der Waals surface area (Å²) in [4.78, 5) is 16.1. The number of aryl methyl sites for hydroxylation is 2. The maximum absolute atomic E-state index is 4.58. The van der Waals surface area contributed by atoms with Crippen molar-refractivity contribution in [3.05, 3.63) is 29.6 Å². The van der Waals surface area contributed by atoms with Gasteiger partial charge in [-0.15, -0.1) is 10.2 Å². The number of piperazine rings is 1. The molecule has 26 heavy (non-hydrogen) atoms. The predicted molar refractivity (Wildman–Crippen MR) is 104 cm³/mol. The third kappa shape index (κ3) is 3.71. The molecular weight excluding hydrogens is 326 g/mol. The SMILES string of the molecule is Cc1cc(C)nc(N2CCN(c3ccc(N4CCCCC4)nn3)CC2)n1. The van der Waals surface area contributed by atoms with Crippen LogP contribution in [0.5, 0.6) is 0 Å². The average Bonchev–Trinajstić information content (AvgIpc) is 2.68. The normalized spacial score (nSPS) is 18.3. The highest BCUT2D eigenvalue weighted by atomic mass is 15.4. The lowest BCUT2D eigenvalue weighted by atomic mass is 10.1. The highest BCUT2D eigenvalue weighted by Crippen LogP contribution is 2.20. The van der Waals surface area contributed by atoms with Crippen LogP contribution in [0.3, 0.4) is 0 Å². The van der Waals surface area contributed by atoms with E-state index in [1.54, 1.807) is 0 Å². The van der Waals surface area contributed by atoms with Gasteiger partial charge in [-0.05, 0) is 51.3 Å². The van der Waals surface area contributed by atoms with Crippen LogP contribution in [-0.2, 0) is 0 Å². The van der Waals surface area contributed by atoms with Crippen LogP contribution in [0.1, 0.15) is 30.7 Å². The fraction of sp³-hybridized carbons (Fsp3) is 0.579. The molecule has 0 atom stereocenters. The van der Waals surface area contributed by atoms with Crippen molar-refractivity contribution >= 4 is 17.6 Å². The molecule has 2 aliphatic heterocycles. The topological polar surface area (TPSA) is 61.3 Å². The van der Waals surface area contributed by atoms with Crippen LogP contribution in [0, 0.1) is 13.8 Å². The van der Waals surface area contributed by atoms with Gasteiger partial charge in [0.2, 0.25) is 5.95 Å². The second kappa shape index (κ2) is 7.43. The maximum Gasteiger partial charge on any atom is 0.225 e. The molecule has 4 rings (SSSR count). The van der Waals surface area contributed by atoms with E-state index < -0.39 is 0 Å². The Morgan fingerprint density at radius 1 is 0.654 bits per heavy atom. The zero-order valence-electron chi connectivity index (χ0n) is 15.7. The molecule has 2 aromatic rings. The van der Waals surface area contributed by atoms with Gasteiger partial charge < -0.3 is 14.7 Å². The van der Waals surface area contributed by atoms with E-state index in [2.05, 4.69) is 47.0 Å². The smallest absolute Gasteiger partial charge is 0.225 e. The van der Waals surface area contributed by atoms with E-state index in [1.807, 2.05) is 19.9 Å². The maximum atomic E-state index is 4.58. The monoisotopic (exact) mass is 353 g/mol. The minimum Gasteiger partial charge on any atom is -0.355 e. The zero-order valence-corrected chi connectivity index (χ0v) is 15.7. The molecule has 7 heteroatoms. The molecule has 0 aromatic carbocycles. The lowest BCUT2D eigenvalue weighted by Crippen LogP contribution is -2.47. The molecule has 2 saturated heterocycles. The van der Waals surface area contributed by atoms with Gasteiger partial charge in [-0.3, -0.25) is 0 Å². The van der Waals surface area contributed by atoms with Crippen molar-refractivity contribution in [1.82, 2.24) is 20.2 Å². The molecule has 2 fully saturated rings. The predicted octanol–water partition coefficient (Wildman–Crippen LogP) is 2.20. The molecule has 4 heterocycles. The quantitative estimate of drug-likeness (QED) is 0.838. The number of piperidine rings is 1. The second-order valence-corrected chi connectivity index (χ2v) is 7.22. The Labute approximate surface area is 155 Å².